The first-order valence-electron chi connectivity index (χ1n) is 5.83. The van der Waals surface area contributed by atoms with Crippen molar-refractivity contribution in [1.82, 2.24) is 4.98 Å². The first-order valence-corrected chi connectivity index (χ1v) is 7.23. The number of aromatic nitrogens is 1. The van der Waals surface area contributed by atoms with Crippen LogP contribution in [0.15, 0.2) is 36.5 Å². The lowest BCUT2D eigenvalue weighted by molar-refractivity contribution is 0.168. The molecule has 0 aliphatic heterocycles. The molecule has 0 saturated carbocycles. The second-order valence-electron chi connectivity index (χ2n) is 4.07. The zero-order chi connectivity index (χ0) is 12.1. The average molecular weight is 247 g/mol. The van der Waals surface area contributed by atoms with Gasteiger partial charge in [0.05, 0.1) is 11.6 Å². The van der Waals surface area contributed by atoms with E-state index in [1.807, 2.05) is 42.1 Å². The fourth-order valence-corrected chi connectivity index (χ4v) is 2.43. The van der Waals surface area contributed by atoms with Crippen molar-refractivity contribution in [2.75, 3.05) is 12.0 Å². The molecule has 0 saturated heterocycles. The van der Waals surface area contributed by atoms with Gasteiger partial charge in [0.15, 0.2) is 0 Å². The molecule has 0 amide bonds. The molecule has 0 aliphatic carbocycles. The van der Waals surface area contributed by atoms with Gasteiger partial charge in [-0.15, -0.1) is 0 Å². The van der Waals surface area contributed by atoms with Gasteiger partial charge in [0.1, 0.15) is 0 Å². The normalized spacial score (nSPS) is 12.8. The third-order valence-electron chi connectivity index (χ3n) is 2.85. The van der Waals surface area contributed by atoms with Crippen LogP contribution >= 0.6 is 11.8 Å². The van der Waals surface area contributed by atoms with E-state index < -0.39 is 6.10 Å². The van der Waals surface area contributed by atoms with Gasteiger partial charge in [0.25, 0.3) is 0 Å². The minimum absolute atomic E-state index is 0.402. The molecule has 17 heavy (non-hydrogen) atoms. The second kappa shape index (κ2) is 6.03. The molecular formula is C14H17NOS. The summed E-state index contributed by atoms with van der Waals surface area (Å²) in [6.45, 7) is 0. The van der Waals surface area contributed by atoms with Crippen molar-refractivity contribution in [3.8, 4) is 0 Å². The minimum Gasteiger partial charge on any atom is -0.388 e. The van der Waals surface area contributed by atoms with Crippen LogP contribution in [0.4, 0.5) is 0 Å². The molecule has 0 aliphatic rings. The van der Waals surface area contributed by atoms with Gasteiger partial charge in [-0.3, -0.25) is 4.98 Å². The first-order chi connectivity index (χ1) is 8.33. The summed E-state index contributed by atoms with van der Waals surface area (Å²) < 4.78 is 0. The van der Waals surface area contributed by atoms with E-state index in [4.69, 9.17) is 0 Å². The predicted molar refractivity (Wildman–Crippen MR) is 74.3 cm³/mol. The largest absolute Gasteiger partial charge is 0.388 e. The zero-order valence-electron chi connectivity index (χ0n) is 9.97. The van der Waals surface area contributed by atoms with Crippen LogP contribution in [0.1, 0.15) is 24.5 Å². The number of thioether (sulfide) groups is 1. The van der Waals surface area contributed by atoms with Crippen LogP contribution < -0.4 is 0 Å². The molecule has 1 aromatic heterocycles. The van der Waals surface area contributed by atoms with E-state index in [2.05, 4.69) is 11.2 Å². The standard InChI is InChI=1S/C14H17NOS/c1-17-10-4-8-13(16)12-7-2-5-11-6-3-9-15-14(11)12/h2-3,5-7,9,13,16H,4,8,10H2,1H3. The maximum atomic E-state index is 10.2. The van der Waals surface area contributed by atoms with E-state index in [1.165, 1.54) is 0 Å². The fourth-order valence-electron chi connectivity index (χ4n) is 1.97. The Bertz CT molecular complexity index is 481. The van der Waals surface area contributed by atoms with Crippen LogP contribution in [0.25, 0.3) is 10.9 Å². The molecule has 0 bridgehead atoms. The molecule has 1 aromatic carbocycles. The van der Waals surface area contributed by atoms with E-state index in [0.29, 0.717) is 0 Å². The highest BCUT2D eigenvalue weighted by Gasteiger charge is 2.11. The maximum Gasteiger partial charge on any atom is 0.0811 e. The summed E-state index contributed by atoms with van der Waals surface area (Å²) >= 11 is 1.82. The molecule has 2 aromatic rings. The van der Waals surface area contributed by atoms with Crippen LogP contribution in [0.5, 0.6) is 0 Å². The first kappa shape index (κ1) is 12.4. The summed E-state index contributed by atoms with van der Waals surface area (Å²) in [5.74, 6) is 1.09. The van der Waals surface area contributed by atoms with Gasteiger partial charge in [-0.05, 0) is 30.9 Å². The van der Waals surface area contributed by atoms with Crippen molar-refractivity contribution in [3.63, 3.8) is 0 Å². The molecule has 1 heterocycles. The molecule has 2 nitrogen and oxygen atoms in total. The van der Waals surface area contributed by atoms with Crippen LogP contribution in [0.3, 0.4) is 0 Å². The van der Waals surface area contributed by atoms with Crippen LogP contribution in [-0.4, -0.2) is 22.1 Å². The number of rotatable bonds is 5. The Morgan fingerprint density at radius 2 is 2.12 bits per heavy atom. The molecular weight excluding hydrogens is 230 g/mol. The Morgan fingerprint density at radius 1 is 1.29 bits per heavy atom. The molecule has 0 spiro atoms. The third kappa shape index (κ3) is 2.99. The Labute approximate surface area is 106 Å². The Morgan fingerprint density at radius 3 is 2.94 bits per heavy atom. The van der Waals surface area contributed by atoms with Crippen molar-refractivity contribution in [3.05, 3.63) is 42.1 Å². The van der Waals surface area contributed by atoms with E-state index >= 15 is 0 Å². The number of hydrogen-bond donors (Lipinski definition) is 1. The van der Waals surface area contributed by atoms with Crippen molar-refractivity contribution in [2.45, 2.75) is 18.9 Å². The Hall–Kier alpha value is -1.06. The topological polar surface area (TPSA) is 33.1 Å². The lowest BCUT2D eigenvalue weighted by Gasteiger charge is -2.12. The summed E-state index contributed by atoms with van der Waals surface area (Å²) in [6.07, 6.45) is 5.30. The number of hydrogen-bond acceptors (Lipinski definition) is 3. The summed E-state index contributed by atoms with van der Waals surface area (Å²) in [5, 5.41) is 11.3. The summed E-state index contributed by atoms with van der Waals surface area (Å²) in [7, 11) is 0. The van der Waals surface area contributed by atoms with Gasteiger partial charge in [-0.1, -0.05) is 24.3 Å². The van der Waals surface area contributed by atoms with Crippen molar-refractivity contribution >= 4 is 22.7 Å². The van der Waals surface area contributed by atoms with E-state index in [0.717, 1.165) is 35.1 Å². The number of pyridine rings is 1. The Kier molecular flexibility index (Phi) is 4.40. The highest BCUT2D eigenvalue weighted by molar-refractivity contribution is 7.98. The Balaban J connectivity index is 2.22. The summed E-state index contributed by atoms with van der Waals surface area (Å²) in [4.78, 5) is 4.37. The molecule has 90 valence electrons. The fraction of sp³-hybridized carbons (Fsp3) is 0.357. The SMILES string of the molecule is CSCCCC(O)c1cccc2cccnc12. The number of fused-ring (bicyclic) bond motifs is 1. The number of nitrogens with zero attached hydrogens (tertiary/aromatic N) is 1. The molecule has 2 rings (SSSR count). The smallest absolute Gasteiger partial charge is 0.0811 e. The number of aliphatic hydroxyl groups excluding tert-OH is 1. The van der Waals surface area contributed by atoms with E-state index in [9.17, 15) is 5.11 Å². The van der Waals surface area contributed by atoms with Gasteiger partial charge < -0.3 is 5.11 Å². The van der Waals surface area contributed by atoms with Gasteiger partial charge >= 0.3 is 0 Å². The lowest BCUT2D eigenvalue weighted by Crippen LogP contribution is -2.00. The maximum absolute atomic E-state index is 10.2. The molecule has 0 fully saturated rings. The minimum atomic E-state index is -0.402. The molecule has 1 atom stereocenters. The number of benzene rings is 1. The summed E-state index contributed by atoms with van der Waals surface area (Å²) in [5.41, 5.74) is 1.87. The van der Waals surface area contributed by atoms with Crippen molar-refractivity contribution in [2.24, 2.45) is 0 Å². The van der Waals surface area contributed by atoms with Crippen molar-refractivity contribution in [1.29, 1.82) is 0 Å². The summed E-state index contributed by atoms with van der Waals surface area (Å²) in [6, 6.07) is 9.93. The third-order valence-corrected chi connectivity index (χ3v) is 3.55. The molecule has 3 heteroatoms. The highest BCUT2D eigenvalue weighted by atomic mass is 32.2. The van der Waals surface area contributed by atoms with Crippen LogP contribution in [0, 0.1) is 0 Å². The second-order valence-corrected chi connectivity index (χ2v) is 5.06. The highest BCUT2D eigenvalue weighted by Crippen LogP contribution is 2.25. The van der Waals surface area contributed by atoms with Crippen LogP contribution in [0.2, 0.25) is 0 Å². The number of aliphatic hydroxyl groups is 1. The number of para-hydroxylation sites is 1. The molecule has 1 N–H and O–H groups in total. The predicted octanol–water partition coefficient (Wildman–Crippen LogP) is 3.41. The lowest BCUT2D eigenvalue weighted by atomic mass is 10.0. The average Bonchev–Trinajstić information content (AvgIpc) is 2.38. The van der Waals surface area contributed by atoms with Crippen molar-refractivity contribution < 1.29 is 5.11 Å². The monoisotopic (exact) mass is 247 g/mol. The van der Waals surface area contributed by atoms with E-state index in [1.54, 1.807) is 6.20 Å². The molecule has 0 radical (unpaired) electrons. The quantitative estimate of drug-likeness (QED) is 0.822. The van der Waals surface area contributed by atoms with E-state index in [-0.39, 0.29) is 0 Å². The molecule has 1 unspecified atom stereocenters. The van der Waals surface area contributed by atoms with Gasteiger partial charge in [0, 0.05) is 17.1 Å². The van der Waals surface area contributed by atoms with Crippen LogP contribution in [-0.2, 0) is 0 Å². The zero-order valence-corrected chi connectivity index (χ0v) is 10.8. The van der Waals surface area contributed by atoms with Gasteiger partial charge in [-0.2, -0.15) is 11.8 Å². The van der Waals surface area contributed by atoms with Gasteiger partial charge in [-0.25, -0.2) is 0 Å². The van der Waals surface area contributed by atoms with Gasteiger partial charge in [0.2, 0.25) is 0 Å².